The molecule has 2 aromatic rings. The normalized spacial score (nSPS) is 17.2. The van der Waals surface area contributed by atoms with E-state index >= 15 is 0 Å². The second-order valence-electron chi connectivity index (χ2n) is 6.24. The van der Waals surface area contributed by atoms with Gasteiger partial charge < -0.3 is 0 Å². The number of aromatic nitrogens is 4. The number of nitrogens with zero attached hydrogens (tertiary/aromatic N) is 5. The van der Waals surface area contributed by atoms with E-state index in [0.717, 1.165) is 42.9 Å². The van der Waals surface area contributed by atoms with Crippen molar-refractivity contribution < 1.29 is 8.42 Å². The van der Waals surface area contributed by atoms with Crippen molar-refractivity contribution in [3.05, 3.63) is 30.4 Å². The zero-order chi connectivity index (χ0) is 17.2. The number of hydrogen-bond acceptors (Lipinski definition) is 5. The van der Waals surface area contributed by atoms with Crippen LogP contribution in [0.5, 0.6) is 0 Å². The van der Waals surface area contributed by atoms with Crippen LogP contribution in [0.2, 0.25) is 0 Å². The summed E-state index contributed by atoms with van der Waals surface area (Å²) in [5.74, 6) is 0.460. The van der Waals surface area contributed by atoms with E-state index in [1.165, 1.54) is 6.26 Å². The molecule has 130 valence electrons. The maximum absolute atomic E-state index is 11.6. The summed E-state index contributed by atoms with van der Waals surface area (Å²) >= 11 is 0. The summed E-state index contributed by atoms with van der Waals surface area (Å²) in [4.78, 5) is 8.76. The van der Waals surface area contributed by atoms with Crippen molar-refractivity contribution in [2.75, 3.05) is 19.3 Å². The topological polar surface area (TPSA) is 81.0 Å². The van der Waals surface area contributed by atoms with E-state index in [4.69, 9.17) is 0 Å². The average Bonchev–Trinajstić information content (AvgIpc) is 3.03. The van der Waals surface area contributed by atoms with Gasteiger partial charge in [0.05, 0.1) is 17.6 Å². The lowest BCUT2D eigenvalue weighted by molar-refractivity contribution is 0.273. The summed E-state index contributed by atoms with van der Waals surface area (Å²) < 4.78 is 26.6. The lowest BCUT2D eigenvalue weighted by Crippen LogP contribution is -2.38. The molecule has 1 fully saturated rings. The predicted molar refractivity (Wildman–Crippen MR) is 91.8 cm³/mol. The van der Waals surface area contributed by atoms with Gasteiger partial charge in [-0.05, 0) is 44.2 Å². The number of sulfonamides is 1. The van der Waals surface area contributed by atoms with Crippen molar-refractivity contribution >= 4 is 10.0 Å². The monoisotopic (exact) mass is 349 g/mol. The number of hydrogen-bond donors (Lipinski definition) is 0. The quantitative estimate of drug-likeness (QED) is 0.818. The van der Waals surface area contributed by atoms with Crippen LogP contribution in [-0.4, -0.2) is 51.8 Å². The third-order valence-electron chi connectivity index (χ3n) is 4.54. The molecule has 3 rings (SSSR count). The molecule has 2 aromatic heterocycles. The molecule has 1 saturated heterocycles. The Hall–Kier alpha value is -1.80. The van der Waals surface area contributed by atoms with E-state index in [2.05, 4.69) is 15.1 Å². The average molecular weight is 349 g/mol. The SMILES string of the molecule is CCn1nccc1-c1cc(CC2CCN(S(C)(=O)=O)CC2)ncn1. The molecule has 0 amide bonds. The zero-order valence-corrected chi connectivity index (χ0v) is 14.9. The first-order chi connectivity index (χ1) is 11.5. The molecule has 8 heteroatoms. The maximum atomic E-state index is 11.6. The van der Waals surface area contributed by atoms with Crippen molar-refractivity contribution in [1.29, 1.82) is 0 Å². The van der Waals surface area contributed by atoms with E-state index in [1.54, 1.807) is 16.8 Å². The first-order valence-electron chi connectivity index (χ1n) is 8.25. The van der Waals surface area contributed by atoms with Crippen LogP contribution in [0.25, 0.3) is 11.4 Å². The maximum Gasteiger partial charge on any atom is 0.211 e. The zero-order valence-electron chi connectivity index (χ0n) is 14.1. The highest BCUT2D eigenvalue weighted by Gasteiger charge is 2.25. The van der Waals surface area contributed by atoms with Gasteiger partial charge in [0, 0.05) is 31.5 Å². The van der Waals surface area contributed by atoms with Crippen LogP contribution in [0.3, 0.4) is 0 Å². The van der Waals surface area contributed by atoms with Crippen molar-refractivity contribution in [3.8, 4) is 11.4 Å². The Kier molecular flexibility index (Phi) is 4.96. The highest BCUT2D eigenvalue weighted by molar-refractivity contribution is 7.88. The molecular weight excluding hydrogens is 326 g/mol. The van der Waals surface area contributed by atoms with E-state index in [9.17, 15) is 8.42 Å². The number of rotatable bonds is 5. The highest BCUT2D eigenvalue weighted by Crippen LogP contribution is 2.24. The summed E-state index contributed by atoms with van der Waals surface area (Å²) in [5.41, 5.74) is 2.88. The standard InChI is InChI=1S/C16H23N5O2S/c1-3-21-16(4-7-19-21)15-11-14(17-12-18-15)10-13-5-8-20(9-6-13)24(2,22)23/h4,7,11-13H,3,5-6,8-10H2,1-2H3. The van der Waals surface area contributed by atoms with Crippen LogP contribution in [-0.2, 0) is 23.0 Å². The van der Waals surface area contributed by atoms with E-state index in [0.29, 0.717) is 19.0 Å². The van der Waals surface area contributed by atoms with Gasteiger partial charge in [-0.3, -0.25) is 4.68 Å². The molecule has 7 nitrogen and oxygen atoms in total. The van der Waals surface area contributed by atoms with Gasteiger partial charge in [0.1, 0.15) is 6.33 Å². The lowest BCUT2D eigenvalue weighted by Gasteiger charge is -2.30. The summed E-state index contributed by atoms with van der Waals surface area (Å²) in [6.45, 7) is 4.05. The number of aryl methyl sites for hydroxylation is 1. The largest absolute Gasteiger partial charge is 0.264 e. The first-order valence-corrected chi connectivity index (χ1v) is 10.1. The van der Waals surface area contributed by atoms with Crippen LogP contribution in [0.1, 0.15) is 25.5 Å². The molecule has 3 heterocycles. The van der Waals surface area contributed by atoms with E-state index in [-0.39, 0.29) is 0 Å². The van der Waals surface area contributed by atoms with E-state index < -0.39 is 10.0 Å². The second-order valence-corrected chi connectivity index (χ2v) is 8.22. The molecule has 0 saturated carbocycles. The molecule has 0 aliphatic carbocycles. The Morgan fingerprint density at radius 1 is 1.25 bits per heavy atom. The van der Waals surface area contributed by atoms with Gasteiger partial charge in [-0.1, -0.05) is 0 Å². The summed E-state index contributed by atoms with van der Waals surface area (Å²) in [6, 6.07) is 3.98. The molecule has 1 aliphatic rings. The third-order valence-corrected chi connectivity index (χ3v) is 5.85. The predicted octanol–water partition coefficient (Wildman–Crippen LogP) is 1.57. The van der Waals surface area contributed by atoms with Crippen LogP contribution in [0.4, 0.5) is 0 Å². The van der Waals surface area contributed by atoms with E-state index in [1.807, 2.05) is 23.7 Å². The van der Waals surface area contributed by atoms with Crippen LogP contribution in [0.15, 0.2) is 24.7 Å². The third kappa shape index (κ3) is 3.81. The van der Waals surface area contributed by atoms with Crippen LogP contribution < -0.4 is 0 Å². The van der Waals surface area contributed by atoms with Gasteiger partial charge in [-0.25, -0.2) is 22.7 Å². The molecule has 0 aromatic carbocycles. The van der Waals surface area contributed by atoms with Gasteiger partial charge in [-0.2, -0.15) is 5.10 Å². The highest BCUT2D eigenvalue weighted by atomic mass is 32.2. The summed E-state index contributed by atoms with van der Waals surface area (Å²) in [5, 5.41) is 4.28. The minimum absolute atomic E-state index is 0.460. The molecule has 0 bridgehead atoms. The summed E-state index contributed by atoms with van der Waals surface area (Å²) in [6.07, 6.45) is 7.26. The Morgan fingerprint density at radius 3 is 2.67 bits per heavy atom. The van der Waals surface area contributed by atoms with Gasteiger partial charge in [0.2, 0.25) is 10.0 Å². The molecule has 1 aliphatic heterocycles. The van der Waals surface area contributed by atoms with Gasteiger partial charge in [-0.15, -0.1) is 0 Å². The van der Waals surface area contributed by atoms with Crippen LogP contribution >= 0.6 is 0 Å². The van der Waals surface area contributed by atoms with Gasteiger partial charge in [0.25, 0.3) is 0 Å². The first kappa shape index (κ1) is 17.0. The minimum Gasteiger partial charge on any atom is -0.264 e. The molecular formula is C16H23N5O2S. The Bertz CT molecular complexity index is 794. The Morgan fingerprint density at radius 2 is 2.00 bits per heavy atom. The second kappa shape index (κ2) is 6.98. The van der Waals surface area contributed by atoms with Gasteiger partial charge >= 0.3 is 0 Å². The van der Waals surface area contributed by atoms with Crippen molar-refractivity contribution in [3.63, 3.8) is 0 Å². The fourth-order valence-corrected chi connectivity index (χ4v) is 4.07. The van der Waals surface area contributed by atoms with Gasteiger partial charge in [0.15, 0.2) is 0 Å². The number of piperidine rings is 1. The summed E-state index contributed by atoms with van der Waals surface area (Å²) in [7, 11) is -3.07. The fourth-order valence-electron chi connectivity index (χ4n) is 3.19. The molecule has 0 unspecified atom stereocenters. The van der Waals surface area contributed by atoms with Crippen LogP contribution in [0, 0.1) is 5.92 Å². The molecule has 0 spiro atoms. The minimum atomic E-state index is -3.07. The Labute approximate surface area is 142 Å². The van der Waals surface area contributed by atoms with Crippen molar-refractivity contribution in [2.24, 2.45) is 5.92 Å². The molecule has 0 atom stereocenters. The molecule has 0 N–H and O–H groups in total. The fraction of sp³-hybridized carbons (Fsp3) is 0.562. The van der Waals surface area contributed by atoms with Crippen molar-refractivity contribution in [1.82, 2.24) is 24.1 Å². The lowest BCUT2D eigenvalue weighted by atomic mass is 9.93. The Balaban J connectivity index is 1.68. The molecule has 0 radical (unpaired) electrons. The van der Waals surface area contributed by atoms with Crippen molar-refractivity contribution in [2.45, 2.75) is 32.7 Å². The smallest absolute Gasteiger partial charge is 0.211 e. The molecule has 24 heavy (non-hydrogen) atoms.